The molecule has 0 spiro atoms. The minimum atomic E-state index is -0.249. The fourth-order valence-corrected chi connectivity index (χ4v) is 1.68. The second kappa shape index (κ2) is 4.29. The van der Waals surface area contributed by atoms with Crippen molar-refractivity contribution in [3.8, 4) is 0 Å². The molecule has 15 heavy (non-hydrogen) atoms. The van der Waals surface area contributed by atoms with Crippen LogP contribution in [-0.2, 0) is 9.59 Å². The maximum Gasteiger partial charge on any atom is 0.236 e. The molecule has 2 unspecified atom stereocenters. The molecule has 1 heterocycles. The zero-order valence-electron chi connectivity index (χ0n) is 8.93. The van der Waals surface area contributed by atoms with Crippen LogP contribution >= 0.6 is 0 Å². The highest BCUT2D eigenvalue weighted by molar-refractivity contribution is 6.00. The van der Waals surface area contributed by atoms with Crippen LogP contribution in [0.15, 0.2) is 4.99 Å². The smallest absolute Gasteiger partial charge is 0.236 e. The summed E-state index contributed by atoms with van der Waals surface area (Å²) >= 11 is 0. The quantitative estimate of drug-likeness (QED) is 0.357. The van der Waals surface area contributed by atoms with E-state index in [-0.39, 0.29) is 29.7 Å². The van der Waals surface area contributed by atoms with Crippen LogP contribution in [0, 0.1) is 5.92 Å². The van der Waals surface area contributed by atoms with Gasteiger partial charge in [-0.3, -0.25) is 14.5 Å². The molecule has 1 fully saturated rings. The van der Waals surface area contributed by atoms with Gasteiger partial charge in [-0.2, -0.15) is 0 Å². The van der Waals surface area contributed by atoms with Gasteiger partial charge < -0.3 is 11.5 Å². The lowest BCUT2D eigenvalue weighted by molar-refractivity contribution is -0.158. The molecule has 0 aromatic carbocycles. The minimum Gasteiger partial charge on any atom is -0.370 e. The van der Waals surface area contributed by atoms with Crippen LogP contribution in [0.25, 0.3) is 0 Å². The number of carbonyl (C=O) groups excluding carboxylic acids is 2. The van der Waals surface area contributed by atoms with Gasteiger partial charge in [0.25, 0.3) is 0 Å². The number of nitrogens with two attached hydrogens (primary N) is 2. The molecule has 6 nitrogen and oxygen atoms in total. The molecule has 0 radical (unpaired) electrons. The van der Waals surface area contributed by atoms with E-state index in [1.807, 2.05) is 6.92 Å². The molecule has 6 heteroatoms. The van der Waals surface area contributed by atoms with Crippen molar-refractivity contribution in [3.05, 3.63) is 0 Å². The van der Waals surface area contributed by atoms with Crippen molar-refractivity contribution in [2.24, 2.45) is 22.4 Å². The first-order chi connectivity index (χ1) is 6.97. The highest BCUT2D eigenvalue weighted by atomic mass is 16.2. The minimum absolute atomic E-state index is 0.0177. The zero-order valence-corrected chi connectivity index (χ0v) is 8.93. The van der Waals surface area contributed by atoms with Crippen molar-refractivity contribution >= 4 is 17.8 Å². The fraction of sp³-hybridized carbons (Fsp3) is 0.667. The molecule has 1 saturated heterocycles. The summed E-state index contributed by atoms with van der Waals surface area (Å²) in [5.74, 6) is -0.674. The normalized spacial score (nSPS) is 21.9. The monoisotopic (exact) mass is 212 g/mol. The van der Waals surface area contributed by atoms with E-state index in [0.29, 0.717) is 13.0 Å². The molecule has 0 bridgehead atoms. The van der Waals surface area contributed by atoms with Crippen molar-refractivity contribution < 1.29 is 9.59 Å². The number of hydrogen-bond acceptors (Lipinski definition) is 3. The molecule has 84 valence electrons. The SMILES string of the molecule is CCC(N=C(N)N)C1CN(C(C)=O)C1=O. The summed E-state index contributed by atoms with van der Waals surface area (Å²) < 4.78 is 0. The van der Waals surface area contributed by atoms with E-state index in [1.54, 1.807) is 0 Å². The summed E-state index contributed by atoms with van der Waals surface area (Å²) in [7, 11) is 0. The standard InChI is InChI=1S/C9H16N4O2/c1-3-7(12-9(10)11)6-4-13(5(2)14)8(6)15/h6-7H,3-4H2,1-2H3,(H4,10,11,12). The van der Waals surface area contributed by atoms with Crippen molar-refractivity contribution in [1.29, 1.82) is 0 Å². The Labute approximate surface area is 88.3 Å². The van der Waals surface area contributed by atoms with E-state index in [1.165, 1.54) is 11.8 Å². The molecule has 1 rings (SSSR count). The summed E-state index contributed by atoms with van der Waals surface area (Å²) in [5, 5.41) is 0. The Morgan fingerprint density at radius 2 is 2.27 bits per heavy atom. The third kappa shape index (κ3) is 2.26. The average molecular weight is 212 g/mol. The van der Waals surface area contributed by atoms with Crippen LogP contribution in [0.3, 0.4) is 0 Å². The summed E-state index contributed by atoms with van der Waals surface area (Å²) in [6.45, 7) is 3.69. The number of amides is 2. The second-order valence-electron chi connectivity index (χ2n) is 3.60. The van der Waals surface area contributed by atoms with Gasteiger partial charge in [0.2, 0.25) is 11.8 Å². The van der Waals surface area contributed by atoms with Gasteiger partial charge in [0, 0.05) is 13.5 Å². The molecule has 0 aliphatic carbocycles. The van der Waals surface area contributed by atoms with Crippen LogP contribution < -0.4 is 11.5 Å². The predicted octanol–water partition coefficient (Wildman–Crippen LogP) is -0.957. The molecular formula is C9H16N4O2. The van der Waals surface area contributed by atoms with E-state index in [9.17, 15) is 9.59 Å². The molecule has 2 amide bonds. The van der Waals surface area contributed by atoms with Crippen LogP contribution in [-0.4, -0.2) is 35.3 Å². The second-order valence-corrected chi connectivity index (χ2v) is 3.60. The molecule has 0 saturated carbocycles. The maximum atomic E-state index is 11.5. The Kier molecular flexibility index (Phi) is 3.28. The summed E-state index contributed by atoms with van der Waals surface area (Å²) in [6, 6.07) is -0.210. The number of likely N-dealkylation sites (tertiary alicyclic amines) is 1. The maximum absolute atomic E-state index is 11.5. The number of guanidine groups is 1. The van der Waals surface area contributed by atoms with Crippen molar-refractivity contribution in [3.63, 3.8) is 0 Å². The Morgan fingerprint density at radius 1 is 1.67 bits per heavy atom. The molecule has 1 aliphatic rings. The molecule has 0 aromatic rings. The van der Waals surface area contributed by atoms with Crippen LogP contribution in [0.1, 0.15) is 20.3 Å². The topological polar surface area (TPSA) is 102 Å². The number of β-lactam (4-membered cyclic amide) rings is 1. The summed E-state index contributed by atoms with van der Waals surface area (Å²) in [4.78, 5) is 27.7. The Balaban J connectivity index is 2.64. The van der Waals surface area contributed by atoms with Gasteiger partial charge in [0.1, 0.15) is 0 Å². The number of hydrogen-bond donors (Lipinski definition) is 2. The van der Waals surface area contributed by atoms with Crippen molar-refractivity contribution in [2.45, 2.75) is 26.3 Å². The number of aliphatic imine (C=N–C) groups is 1. The average Bonchev–Trinajstić information content (AvgIpc) is 2.12. The molecular weight excluding hydrogens is 196 g/mol. The lowest BCUT2D eigenvalue weighted by Crippen LogP contribution is -2.58. The number of imide groups is 1. The van der Waals surface area contributed by atoms with Crippen LogP contribution in [0.2, 0.25) is 0 Å². The van der Waals surface area contributed by atoms with Gasteiger partial charge in [-0.15, -0.1) is 0 Å². The molecule has 4 N–H and O–H groups in total. The third-order valence-corrected chi connectivity index (χ3v) is 2.54. The van der Waals surface area contributed by atoms with Crippen molar-refractivity contribution in [1.82, 2.24) is 4.90 Å². The summed E-state index contributed by atoms with van der Waals surface area (Å²) in [5.41, 5.74) is 10.5. The number of carbonyl (C=O) groups is 2. The van der Waals surface area contributed by atoms with Gasteiger partial charge in [-0.05, 0) is 6.42 Å². The fourth-order valence-electron chi connectivity index (χ4n) is 1.68. The van der Waals surface area contributed by atoms with E-state index in [4.69, 9.17) is 11.5 Å². The van der Waals surface area contributed by atoms with Gasteiger partial charge in [0.15, 0.2) is 5.96 Å². The predicted molar refractivity (Wildman–Crippen MR) is 55.8 cm³/mol. The first-order valence-electron chi connectivity index (χ1n) is 4.88. The lowest BCUT2D eigenvalue weighted by Gasteiger charge is -2.38. The van der Waals surface area contributed by atoms with E-state index in [0.717, 1.165) is 0 Å². The van der Waals surface area contributed by atoms with Crippen LogP contribution in [0.4, 0.5) is 0 Å². The Bertz CT molecular complexity index is 309. The van der Waals surface area contributed by atoms with Gasteiger partial charge in [0.05, 0.1) is 12.0 Å². The zero-order chi connectivity index (χ0) is 11.6. The highest BCUT2D eigenvalue weighted by Crippen LogP contribution is 2.25. The lowest BCUT2D eigenvalue weighted by atomic mass is 9.89. The van der Waals surface area contributed by atoms with Crippen molar-refractivity contribution in [2.75, 3.05) is 6.54 Å². The van der Waals surface area contributed by atoms with Gasteiger partial charge in [-0.25, -0.2) is 4.99 Å². The third-order valence-electron chi connectivity index (χ3n) is 2.54. The van der Waals surface area contributed by atoms with Gasteiger partial charge >= 0.3 is 0 Å². The van der Waals surface area contributed by atoms with E-state index < -0.39 is 0 Å². The largest absolute Gasteiger partial charge is 0.370 e. The first kappa shape index (κ1) is 11.5. The Morgan fingerprint density at radius 3 is 2.60 bits per heavy atom. The summed E-state index contributed by atoms with van der Waals surface area (Å²) in [6.07, 6.45) is 0.681. The number of nitrogens with zero attached hydrogens (tertiary/aromatic N) is 2. The Hall–Kier alpha value is -1.59. The van der Waals surface area contributed by atoms with E-state index in [2.05, 4.69) is 4.99 Å². The molecule has 0 aromatic heterocycles. The van der Waals surface area contributed by atoms with Crippen LogP contribution in [0.5, 0.6) is 0 Å². The van der Waals surface area contributed by atoms with Gasteiger partial charge in [-0.1, -0.05) is 6.92 Å². The molecule has 1 aliphatic heterocycles. The highest BCUT2D eigenvalue weighted by Gasteiger charge is 2.43. The number of rotatable bonds is 3. The molecule has 2 atom stereocenters. The van der Waals surface area contributed by atoms with E-state index >= 15 is 0 Å². The first-order valence-corrected chi connectivity index (χ1v) is 4.88.